The van der Waals surface area contributed by atoms with E-state index < -0.39 is 34.0 Å². The minimum atomic E-state index is -4.09. The highest BCUT2D eigenvalue weighted by Crippen LogP contribution is 2.30. The van der Waals surface area contributed by atoms with E-state index in [4.69, 9.17) is 23.2 Å². The topological polar surface area (TPSA) is 127 Å². The number of hydrogen-bond acceptors (Lipinski definition) is 6. The first-order valence-corrected chi connectivity index (χ1v) is 14.5. The molecular weight excluding hydrogens is 543 g/mol. The van der Waals surface area contributed by atoms with E-state index in [2.05, 4.69) is 10.2 Å². The molecule has 37 heavy (non-hydrogen) atoms. The summed E-state index contributed by atoms with van der Waals surface area (Å²) in [6, 6.07) is 1.53. The molecule has 0 bridgehead atoms. The Hall–Kier alpha value is -1.92. The van der Waals surface area contributed by atoms with Crippen molar-refractivity contribution in [2.24, 2.45) is 5.92 Å². The van der Waals surface area contributed by atoms with Crippen molar-refractivity contribution < 1.29 is 27.9 Å². The normalized spacial score (nSPS) is 20.2. The van der Waals surface area contributed by atoms with Crippen LogP contribution in [0.4, 0.5) is 0 Å². The van der Waals surface area contributed by atoms with E-state index in [9.17, 15) is 27.9 Å². The Morgan fingerprint density at radius 2 is 1.70 bits per heavy atom. The van der Waals surface area contributed by atoms with Crippen LogP contribution in [-0.2, 0) is 24.4 Å². The van der Waals surface area contributed by atoms with Crippen molar-refractivity contribution in [2.75, 3.05) is 40.3 Å². The molecular formula is C24H34Cl2N4O6S. The number of likely N-dealkylation sites (tertiary alicyclic amines) is 1. The lowest BCUT2D eigenvalue weighted by Gasteiger charge is -2.33. The molecule has 206 valence electrons. The van der Waals surface area contributed by atoms with Crippen molar-refractivity contribution >= 4 is 51.0 Å². The van der Waals surface area contributed by atoms with Gasteiger partial charge in [0, 0.05) is 42.6 Å². The number of halogens is 2. The van der Waals surface area contributed by atoms with Gasteiger partial charge in [0.25, 0.3) is 0 Å². The van der Waals surface area contributed by atoms with Gasteiger partial charge < -0.3 is 20.2 Å². The summed E-state index contributed by atoms with van der Waals surface area (Å²) in [4.78, 5) is 41.3. The minimum Gasteiger partial charge on any atom is -0.480 e. The van der Waals surface area contributed by atoms with Gasteiger partial charge in [0.2, 0.25) is 21.8 Å². The molecule has 1 aromatic rings. The van der Waals surface area contributed by atoms with Crippen molar-refractivity contribution in [2.45, 2.75) is 55.5 Å². The van der Waals surface area contributed by atoms with Gasteiger partial charge in [0.05, 0.1) is 4.90 Å². The Balaban J connectivity index is 1.59. The zero-order valence-electron chi connectivity index (χ0n) is 21.0. The quantitative estimate of drug-likeness (QED) is 0.437. The predicted octanol–water partition coefficient (Wildman–Crippen LogP) is 2.30. The number of carbonyl (C=O) groups excluding carboxylic acids is 2. The Morgan fingerprint density at radius 1 is 1.08 bits per heavy atom. The lowest BCUT2D eigenvalue weighted by atomic mass is 9.96. The van der Waals surface area contributed by atoms with Crippen molar-refractivity contribution in [3.8, 4) is 0 Å². The smallest absolute Gasteiger partial charge is 0.326 e. The van der Waals surface area contributed by atoms with Gasteiger partial charge in [-0.25, -0.2) is 13.2 Å². The zero-order chi connectivity index (χ0) is 27.3. The highest BCUT2D eigenvalue weighted by molar-refractivity contribution is 7.89. The average molecular weight is 578 g/mol. The van der Waals surface area contributed by atoms with Gasteiger partial charge in [-0.1, -0.05) is 23.2 Å². The van der Waals surface area contributed by atoms with E-state index >= 15 is 0 Å². The molecule has 2 amide bonds. The monoisotopic (exact) mass is 576 g/mol. The Labute approximate surface area is 227 Å². The minimum absolute atomic E-state index is 0.0245. The first-order valence-electron chi connectivity index (χ1n) is 12.3. The van der Waals surface area contributed by atoms with Crippen LogP contribution in [0.5, 0.6) is 0 Å². The average Bonchev–Trinajstić information content (AvgIpc) is 3.32. The molecule has 2 fully saturated rings. The number of hydrogen-bond donors (Lipinski definition) is 2. The molecule has 1 aromatic carbocycles. The standard InChI is InChI=1S/C24H34Cl2N4O6S/c1-28(2)15-16-7-10-29(11-8-16)22(31)6-5-20(24(33)34)27-23(32)21-4-3-9-30(21)37(35,36)19-13-17(25)12-18(26)14-19/h12-14,16,20-21H,3-11,15H2,1-2H3,(H,27,32)(H,33,34)/t20-,21-/m0/s1. The number of aliphatic carboxylic acids is 1. The number of carboxylic acid groups (broad SMARTS) is 1. The maximum absolute atomic E-state index is 13.2. The molecule has 13 heteroatoms. The Morgan fingerprint density at radius 3 is 2.27 bits per heavy atom. The summed E-state index contributed by atoms with van der Waals surface area (Å²) < 4.78 is 27.5. The molecule has 2 atom stereocenters. The summed E-state index contributed by atoms with van der Waals surface area (Å²) >= 11 is 11.9. The fourth-order valence-corrected chi connectivity index (χ4v) is 7.32. The molecule has 0 aliphatic carbocycles. The van der Waals surface area contributed by atoms with E-state index in [0.29, 0.717) is 25.4 Å². The summed E-state index contributed by atoms with van der Waals surface area (Å²) in [7, 11) is -0.0564. The molecule has 0 spiro atoms. The third-order valence-corrected chi connectivity index (χ3v) is 9.12. The molecule has 2 N–H and O–H groups in total. The van der Waals surface area contributed by atoms with Crippen LogP contribution in [-0.4, -0.2) is 97.8 Å². The zero-order valence-corrected chi connectivity index (χ0v) is 23.4. The largest absolute Gasteiger partial charge is 0.480 e. The summed E-state index contributed by atoms with van der Waals surface area (Å²) in [6.45, 7) is 2.33. The molecule has 0 radical (unpaired) electrons. The van der Waals surface area contributed by atoms with Gasteiger partial charge in [-0.05, 0) is 70.3 Å². The lowest BCUT2D eigenvalue weighted by Crippen LogP contribution is -2.51. The number of nitrogens with zero attached hydrogens (tertiary/aromatic N) is 3. The summed E-state index contributed by atoms with van der Waals surface area (Å²) in [5.41, 5.74) is 0. The number of carboxylic acids is 1. The van der Waals surface area contributed by atoms with Crippen LogP contribution in [0.2, 0.25) is 10.0 Å². The number of amides is 2. The van der Waals surface area contributed by atoms with Crippen molar-refractivity contribution in [1.29, 1.82) is 0 Å². The van der Waals surface area contributed by atoms with Crippen molar-refractivity contribution in [3.63, 3.8) is 0 Å². The Bertz CT molecular complexity index is 1090. The molecule has 0 unspecified atom stereocenters. The van der Waals surface area contributed by atoms with Crippen molar-refractivity contribution in [1.82, 2.24) is 19.4 Å². The van der Waals surface area contributed by atoms with Crippen molar-refractivity contribution in [3.05, 3.63) is 28.2 Å². The highest BCUT2D eigenvalue weighted by atomic mass is 35.5. The maximum atomic E-state index is 13.2. The predicted molar refractivity (Wildman–Crippen MR) is 140 cm³/mol. The van der Waals surface area contributed by atoms with E-state index in [0.717, 1.165) is 23.7 Å². The number of sulfonamides is 1. The van der Waals surface area contributed by atoms with E-state index in [1.165, 1.54) is 18.2 Å². The van der Waals surface area contributed by atoms with Gasteiger partial charge in [-0.2, -0.15) is 4.31 Å². The second-order valence-electron chi connectivity index (χ2n) is 9.90. The first kappa shape index (κ1) is 29.6. The highest BCUT2D eigenvalue weighted by Gasteiger charge is 2.40. The summed E-state index contributed by atoms with van der Waals surface area (Å²) in [5, 5.41) is 12.4. The SMILES string of the molecule is CN(C)CC1CCN(C(=O)CC[C@H](NC(=O)[C@@H]2CCCN2S(=O)(=O)c2cc(Cl)cc(Cl)c2)C(=O)O)CC1. The molecule has 2 aliphatic rings. The molecule has 2 heterocycles. The van der Waals surface area contributed by atoms with Crippen LogP contribution in [0.3, 0.4) is 0 Å². The van der Waals surface area contributed by atoms with Gasteiger partial charge in [-0.15, -0.1) is 0 Å². The fraction of sp³-hybridized carbons (Fsp3) is 0.625. The van der Waals surface area contributed by atoms with Crippen LogP contribution in [0.1, 0.15) is 38.5 Å². The van der Waals surface area contributed by atoms with E-state index in [1.54, 1.807) is 4.90 Å². The molecule has 0 aromatic heterocycles. The molecule has 0 saturated carbocycles. The Kier molecular flexibility index (Phi) is 10.2. The third kappa shape index (κ3) is 7.79. The van der Waals surface area contributed by atoms with Crippen LogP contribution in [0.15, 0.2) is 23.1 Å². The molecule has 2 saturated heterocycles. The van der Waals surface area contributed by atoms with E-state index in [1.807, 2.05) is 14.1 Å². The number of nitrogens with one attached hydrogen (secondary N) is 1. The molecule has 10 nitrogen and oxygen atoms in total. The van der Waals surface area contributed by atoms with Crippen LogP contribution < -0.4 is 5.32 Å². The number of piperidine rings is 1. The third-order valence-electron chi connectivity index (χ3n) is 6.80. The van der Waals surface area contributed by atoms with E-state index in [-0.39, 0.29) is 46.7 Å². The second-order valence-corrected chi connectivity index (χ2v) is 12.7. The maximum Gasteiger partial charge on any atom is 0.326 e. The van der Waals surface area contributed by atoms with Gasteiger partial charge in [-0.3, -0.25) is 9.59 Å². The van der Waals surface area contributed by atoms with Gasteiger partial charge in [0.15, 0.2) is 0 Å². The number of carbonyl (C=O) groups is 3. The second kappa shape index (κ2) is 12.8. The number of rotatable bonds is 10. The fourth-order valence-electron chi connectivity index (χ4n) is 4.94. The summed E-state index contributed by atoms with van der Waals surface area (Å²) in [5.74, 6) is -1.61. The molecule has 3 rings (SSSR count). The van der Waals surface area contributed by atoms with Crippen LogP contribution in [0, 0.1) is 5.92 Å². The summed E-state index contributed by atoms with van der Waals surface area (Å²) in [6.07, 6.45) is 2.36. The number of benzene rings is 1. The van der Waals surface area contributed by atoms with Crippen LogP contribution in [0.25, 0.3) is 0 Å². The lowest BCUT2D eigenvalue weighted by molar-refractivity contribution is -0.143. The first-order chi connectivity index (χ1) is 17.4. The van der Waals surface area contributed by atoms with Crippen LogP contribution >= 0.6 is 23.2 Å². The van der Waals surface area contributed by atoms with Gasteiger partial charge >= 0.3 is 5.97 Å². The van der Waals surface area contributed by atoms with Gasteiger partial charge in [0.1, 0.15) is 12.1 Å². The molecule has 2 aliphatic heterocycles.